The van der Waals surface area contributed by atoms with Gasteiger partial charge in [-0.1, -0.05) is 0 Å². The van der Waals surface area contributed by atoms with Gasteiger partial charge >= 0.3 is 12.1 Å². The van der Waals surface area contributed by atoms with Gasteiger partial charge in [0.05, 0.1) is 55.4 Å². The van der Waals surface area contributed by atoms with Gasteiger partial charge in [0.25, 0.3) is 11.8 Å². The van der Waals surface area contributed by atoms with Gasteiger partial charge in [-0.15, -0.1) is 0 Å². The molecule has 3 rings (SSSR count). The van der Waals surface area contributed by atoms with Gasteiger partial charge < -0.3 is 64.8 Å². The average molecular weight is 760 g/mol. The van der Waals surface area contributed by atoms with Crippen molar-refractivity contribution in [1.82, 2.24) is 10.6 Å². The smallest absolute Gasteiger partial charge is 0.319 e. The van der Waals surface area contributed by atoms with Crippen molar-refractivity contribution in [2.45, 2.75) is 12.8 Å². The van der Waals surface area contributed by atoms with Gasteiger partial charge in [0.15, 0.2) is 0 Å². The highest BCUT2D eigenvalue weighted by Gasteiger charge is 2.12. The monoisotopic (exact) mass is 759 g/mol. The summed E-state index contributed by atoms with van der Waals surface area (Å²) in [5, 5.41) is 16.9. The zero-order chi connectivity index (χ0) is 33.7. The predicted octanol–water partition coefficient (Wildman–Crippen LogP) is 1.63. The van der Waals surface area contributed by atoms with Crippen LogP contribution in [0.15, 0.2) is 72.8 Å². The van der Waals surface area contributed by atoms with E-state index >= 15 is 0 Å². The van der Waals surface area contributed by atoms with Gasteiger partial charge in [0.2, 0.25) is 0 Å². The molecule has 0 atom stereocenters. The maximum Gasteiger partial charge on any atom is 0.319 e. The van der Waals surface area contributed by atoms with Gasteiger partial charge in [-0.3, -0.25) is 9.59 Å². The van der Waals surface area contributed by atoms with Crippen LogP contribution in [-0.2, 0) is 0 Å². The lowest BCUT2D eigenvalue weighted by atomic mass is 10.1. The lowest BCUT2D eigenvalue weighted by Gasteiger charge is -2.23. The van der Waals surface area contributed by atoms with Crippen molar-refractivity contribution in [2.75, 3.05) is 89.7 Å². The van der Waals surface area contributed by atoms with Crippen LogP contribution >= 0.6 is 0 Å². The Morgan fingerprint density at radius 3 is 1.02 bits per heavy atom. The number of carbonyl (C=O) groups excluding carboxylic acids is 4. The third-order valence-corrected chi connectivity index (χ3v) is 6.79. The molecule has 0 aromatic heterocycles. The van der Waals surface area contributed by atoms with E-state index in [1.54, 1.807) is 72.8 Å². The number of rotatable bonds is 14. The van der Waals surface area contributed by atoms with Crippen LogP contribution in [-0.4, -0.2) is 101 Å². The van der Waals surface area contributed by atoms with Crippen LogP contribution in [0.4, 0.5) is 32.3 Å². The molecule has 6 N–H and O–H groups in total. The molecule has 0 aliphatic heterocycles. The quantitative estimate of drug-likeness (QED) is 0.0846. The first-order chi connectivity index (χ1) is 21.7. The number of halogens is 1. The first-order valence-electron chi connectivity index (χ1n) is 15.3. The summed E-state index contributed by atoms with van der Waals surface area (Å²) in [6.07, 6.45) is 1.75. The van der Waals surface area contributed by atoms with Gasteiger partial charge in [0.1, 0.15) is 0 Å². The molecule has 0 saturated heterocycles. The van der Waals surface area contributed by atoms with Crippen molar-refractivity contribution in [3.05, 3.63) is 83.9 Å². The van der Waals surface area contributed by atoms with E-state index in [1.165, 1.54) is 0 Å². The number of quaternary nitrogens is 2. The summed E-state index contributed by atoms with van der Waals surface area (Å²) in [5.41, 5.74) is 3.12. The molecular formula is C34H48IN8O4+. The highest BCUT2D eigenvalue weighted by molar-refractivity contribution is 6.07. The Labute approximate surface area is 294 Å². The van der Waals surface area contributed by atoms with Crippen LogP contribution in [0.1, 0.15) is 33.6 Å². The number of carbonyl (C=O) groups is 4. The largest absolute Gasteiger partial charge is 1.00 e. The highest BCUT2D eigenvalue weighted by atomic mass is 127. The molecule has 6 amide bonds. The minimum absolute atomic E-state index is 0. The molecule has 0 saturated carbocycles. The molecule has 0 unspecified atom stereocenters. The number of hydrogen-bond acceptors (Lipinski definition) is 4. The summed E-state index contributed by atoms with van der Waals surface area (Å²) in [4.78, 5) is 49.8. The lowest BCUT2D eigenvalue weighted by molar-refractivity contribution is -0.870. The highest BCUT2D eigenvalue weighted by Crippen LogP contribution is 2.17. The van der Waals surface area contributed by atoms with E-state index in [9.17, 15) is 19.2 Å². The topological polar surface area (TPSA) is 140 Å². The van der Waals surface area contributed by atoms with Gasteiger partial charge in [-0.25, -0.2) is 9.59 Å². The van der Waals surface area contributed by atoms with E-state index in [-0.39, 0.29) is 47.9 Å². The lowest BCUT2D eigenvalue weighted by Crippen LogP contribution is -3.00. The third kappa shape index (κ3) is 15.3. The van der Waals surface area contributed by atoms with Gasteiger partial charge in [-0.05, 0) is 72.8 Å². The van der Waals surface area contributed by atoms with E-state index in [1.807, 2.05) is 0 Å². The van der Waals surface area contributed by atoms with Crippen LogP contribution in [0.25, 0.3) is 0 Å². The Morgan fingerprint density at radius 1 is 0.468 bits per heavy atom. The van der Waals surface area contributed by atoms with Crippen molar-refractivity contribution in [3.8, 4) is 0 Å². The molecule has 0 heterocycles. The minimum atomic E-state index is -0.330. The number of amides is 6. The van der Waals surface area contributed by atoms with Crippen LogP contribution < -0.4 is 55.9 Å². The molecule has 0 fully saturated rings. The molecule has 0 aliphatic rings. The fourth-order valence-electron chi connectivity index (χ4n) is 4.31. The maximum absolute atomic E-state index is 12.8. The molecule has 3 aromatic carbocycles. The predicted molar refractivity (Wildman–Crippen MR) is 184 cm³/mol. The standard InChI is InChI=1S/C34H46N8O4.HI/c1-41(2,3)23-7-21-35-33(45)39-29-17-13-27(14-18-29)37-31(43)25-9-11-26(12-10-25)32(44)38-28-15-19-30(20-16-28)40-34(46)36-22-8-24-42(4,5)6;/h9-20H,7-8,21-24H2,1-6H3,(H4-2,35,36,37,38,39,40,43,44,45,46);1H/p+1. The van der Waals surface area contributed by atoms with Crippen molar-refractivity contribution in [3.63, 3.8) is 0 Å². The number of urea groups is 2. The summed E-state index contributed by atoms with van der Waals surface area (Å²) < 4.78 is 1.68. The van der Waals surface area contributed by atoms with Crippen LogP contribution in [0, 0.1) is 0 Å². The normalized spacial score (nSPS) is 11.0. The summed E-state index contributed by atoms with van der Waals surface area (Å²) in [6, 6.07) is 19.4. The van der Waals surface area contributed by atoms with Gasteiger partial charge in [0, 0.05) is 59.8 Å². The van der Waals surface area contributed by atoms with Crippen molar-refractivity contribution >= 4 is 46.6 Å². The molecule has 13 heteroatoms. The summed E-state index contributed by atoms with van der Waals surface area (Å²) >= 11 is 0. The number of nitrogens with zero attached hydrogens (tertiary/aromatic N) is 2. The van der Waals surface area contributed by atoms with E-state index in [0.717, 1.165) is 34.9 Å². The SMILES string of the molecule is C[N+](C)(C)CCCNC(=O)Nc1ccc(NC(=O)c2ccc(C(=O)Nc3ccc(NC(=O)NCCC[N+](C)(C)C)cc3)cc2)cc1.[I-]. The third-order valence-electron chi connectivity index (χ3n) is 6.79. The number of anilines is 4. The van der Waals surface area contributed by atoms with Gasteiger partial charge in [-0.2, -0.15) is 0 Å². The van der Waals surface area contributed by atoms with E-state index in [2.05, 4.69) is 74.2 Å². The Bertz CT molecular complexity index is 1350. The van der Waals surface area contributed by atoms with Crippen LogP contribution in [0.3, 0.4) is 0 Å². The molecule has 0 spiro atoms. The fraction of sp³-hybridized carbons (Fsp3) is 0.353. The number of hydrogen-bond donors (Lipinski definition) is 6. The first kappa shape index (κ1) is 39.0. The Hall–Kier alpha value is -4.21. The first-order valence-corrected chi connectivity index (χ1v) is 15.3. The molecule has 47 heavy (non-hydrogen) atoms. The Kier molecular flexibility index (Phi) is 15.1. The summed E-state index contributed by atoms with van der Waals surface area (Å²) in [7, 11) is 12.6. The maximum atomic E-state index is 12.8. The zero-order valence-electron chi connectivity index (χ0n) is 28.1. The summed E-state index contributed by atoms with van der Waals surface area (Å²) in [6.45, 7) is 3.08. The average Bonchev–Trinajstić information content (AvgIpc) is 2.99. The number of nitrogens with one attached hydrogen (secondary N) is 6. The molecule has 3 aromatic rings. The second-order valence-electron chi connectivity index (χ2n) is 13.1. The molecular weight excluding hydrogens is 711 g/mol. The van der Waals surface area contributed by atoms with E-state index in [4.69, 9.17) is 0 Å². The van der Waals surface area contributed by atoms with Crippen molar-refractivity contribution in [2.24, 2.45) is 0 Å². The molecule has 254 valence electrons. The molecule has 0 radical (unpaired) electrons. The second kappa shape index (κ2) is 18.2. The molecule has 0 bridgehead atoms. The minimum Gasteiger partial charge on any atom is -1.00 e. The Balaban J connectivity index is 0.00000768. The van der Waals surface area contributed by atoms with Crippen molar-refractivity contribution in [1.29, 1.82) is 0 Å². The second-order valence-corrected chi connectivity index (χ2v) is 13.1. The Morgan fingerprint density at radius 2 is 0.745 bits per heavy atom. The van der Waals surface area contributed by atoms with Crippen LogP contribution in [0.5, 0.6) is 0 Å². The fourth-order valence-corrected chi connectivity index (χ4v) is 4.31. The van der Waals surface area contributed by atoms with Crippen molar-refractivity contribution < 1.29 is 52.1 Å². The van der Waals surface area contributed by atoms with E-state index < -0.39 is 0 Å². The molecule has 0 aliphatic carbocycles. The number of benzene rings is 3. The van der Waals surface area contributed by atoms with E-state index in [0.29, 0.717) is 47.0 Å². The molecule has 12 nitrogen and oxygen atoms in total. The van der Waals surface area contributed by atoms with Crippen LogP contribution in [0.2, 0.25) is 0 Å². The summed E-state index contributed by atoms with van der Waals surface area (Å²) in [5.74, 6) is -0.661. The zero-order valence-corrected chi connectivity index (χ0v) is 30.2.